The van der Waals surface area contributed by atoms with Gasteiger partial charge in [-0.1, -0.05) is 95.9 Å². The Hall–Kier alpha value is -9.27. The number of hydrogen-bond acceptors (Lipinski definition) is 12. The third kappa shape index (κ3) is 8.16. The fourth-order valence-corrected chi connectivity index (χ4v) is 9.87. The largest absolute Gasteiger partial charge is 0.743 e. The second kappa shape index (κ2) is 19.0. The van der Waals surface area contributed by atoms with Crippen molar-refractivity contribution in [1.29, 1.82) is 10.5 Å². The van der Waals surface area contributed by atoms with E-state index in [0.29, 0.717) is 126 Å². The van der Waals surface area contributed by atoms with Crippen molar-refractivity contribution in [3.05, 3.63) is 168 Å². The molecule has 0 N–H and O–H groups in total. The van der Waals surface area contributed by atoms with E-state index < -0.39 is 13.9 Å². The first-order valence-corrected chi connectivity index (χ1v) is 25.3. The SMILES string of the molecule is CCC(C)COc1ccc(-c2c3/c(=C(\C#N)c4nc5ccccc5o4)n([B-]4(C)Oc5ccccc5O4)c(-c4ccc(OCC(C)CC)cc4)c3/c(=C(\C#N)c3nc4ccccc4o3)n2B2Oc3ccccc3O2)cc1. The molecule has 0 saturated heterocycles. The number of aromatic nitrogens is 4. The van der Waals surface area contributed by atoms with Crippen molar-refractivity contribution in [1.82, 2.24) is 18.9 Å². The van der Waals surface area contributed by atoms with Crippen LogP contribution in [-0.4, -0.2) is 46.1 Å². The van der Waals surface area contributed by atoms with Gasteiger partial charge in [-0.3, -0.25) is 0 Å². The number of nitrogens with zero attached hydrogens (tertiary/aromatic N) is 6. The quantitative estimate of drug-likeness (QED) is 0.0948. The summed E-state index contributed by atoms with van der Waals surface area (Å²) in [7, 11) is -1.22. The highest BCUT2D eigenvalue weighted by Gasteiger charge is 2.45. The van der Waals surface area contributed by atoms with Crippen molar-refractivity contribution in [2.24, 2.45) is 11.8 Å². The zero-order valence-electron chi connectivity index (χ0n) is 41.9. The first-order valence-electron chi connectivity index (χ1n) is 25.3. The van der Waals surface area contributed by atoms with Crippen LogP contribution in [0.25, 0.3) is 66.6 Å². The average molecular weight is 992 g/mol. The summed E-state index contributed by atoms with van der Waals surface area (Å²) in [6, 6.07) is 50.1. The van der Waals surface area contributed by atoms with E-state index in [1.807, 2.05) is 155 Å². The smallest absolute Gasteiger partial charge is 0.663 e. The molecular weight excluding hydrogens is 942 g/mol. The fourth-order valence-electron chi connectivity index (χ4n) is 9.87. The first-order chi connectivity index (χ1) is 36.7. The number of rotatable bonds is 14. The molecule has 0 aliphatic carbocycles. The van der Waals surface area contributed by atoms with Crippen molar-refractivity contribution in [3.63, 3.8) is 0 Å². The molecule has 14 nitrogen and oxygen atoms in total. The van der Waals surface area contributed by atoms with E-state index in [1.165, 1.54) is 0 Å². The lowest BCUT2D eigenvalue weighted by atomic mass is 9.74. The topological polar surface area (TPSA) is 165 Å². The third-order valence-corrected chi connectivity index (χ3v) is 14.1. The molecule has 0 spiro atoms. The van der Waals surface area contributed by atoms with Gasteiger partial charge >= 0.3 is 13.9 Å². The average Bonchev–Trinajstić information content (AvgIpc) is 4.32. The lowest BCUT2D eigenvalue weighted by Gasteiger charge is -2.36. The molecule has 0 amide bonds. The summed E-state index contributed by atoms with van der Waals surface area (Å²) in [4.78, 5) is 9.91. The minimum Gasteiger partial charge on any atom is -0.663 e. The first kappa shape index (κ1) is 46.8. The molecule has 16 heteroatoms. The van der Waals surface area contributed by atoms with Gasteiger partial charge in [0.05, 0.1) is 24.3 Å². The molecule has 2 aliphatic heterocycles. The van der Waals surface area contributed by atoms with E-state index in [9.17, 15) is 10.5 Å². The van der Waals surface area contributed by atoms with Gasteiger partial charge in [-0.15, -0.1) is 0 Å². The van der Waals surface area contributed by atoms with E-state index in [2.05, 4.69) is 39.8 Å². The Labute approximate surface area is 432 Å². The highest BCUT2D eigenvalue weighted by molar-refractivity contribution is 6.68. The van der Waals surface area contributed by atoms with E-state index in [-0.39, 0.29) is 22.9 Å². The van der Waals surface area contributed by atoms with E-state index in [4.69, 9.17) is 46.9 Å². The molecule has 0 saturated carbocycles. The summed E-state index contributed by atoms with van der Waals surface area (Å²) < 4.78 is 57.3. The van der Waals surface area contributed by atoms with Crippen molar-refractivity contribution in [3.8, 4) is 69.2 Å². The molecule has 75 heavy (non-hydrogen) atoms. The highest BCUT2D eigenvalue weighted by atomic mass is 16.7. The normalized spacial score (nSPS) is 14.9. The molecule has 0 radical (unpaired) electrons. The summed E-state index contributed by atoms with van der Waals surface area (Å²) in [5, 5.41) is 25.3. The molecule has 0 bridgehead atoms. The van der Waals surface area contributed by atoms with Crippen LogP contribution in [0.2, 0.25) is 6.82 Å². The van der Waals surface area contributed by atoms with Crippen LogP contribution in [-0.2, 0) is 0 Å². The predicted octanol–water partition coefficient (Wildman–Crippen LogP) is 11.5. The van der Waals surface area contributed by atoms with Crippen molar-refractivity contribution < 1.29 is 36.9 Å². The van der Waals surface area contributed by atoms with Gasteiger partial charge in [-0.2, -0.15) is 10.5 Å². The van der Waals surface area contributed by atoms with Gasteiger partial charge in [0.2, 0.25) is 11.8 Å². The van der Waals surface area contributed by atoms with Gasteiger partial charge < -0.3 is 45.9 Å². The number of ether oxygens (including phenoxy) is 2. The second-order valence-corrected chi connectivity index (χ2v) is 19.2. The predicted molar refractivity (Wildman–Crippen MR) is 288 cm³/mol. The minimum absolute atomic E-state index is 0.0465. The van der Waals surface area contributed by atoms with Crippen LogP contribution >= 0.6 is 0 Å². The summed E-state index contributed by atoms with van der Waals surface area (Å²) >= 11 is 0. The molecule has 6 aromatic carbocycles. The molecule has 6 heterocycles. The van der Waals surface area contributed by atoms with Gasteiger partial charge in [0.25, 0.3) is 0 Å². The number of nitriles is 2. The molecule has 2 aliphatic rings. The van der Waals surface area contributed by atoms with Crippen LogP contribution in [0.3, 0.4) is 0 Å². The van der Waals surface area contributed by atoms with Crippen molar-refractivity contribution >= 4 is 58.1 Å². The van der Waals surface area contributed by atoms with Crippen LogP contribution in [0, 0.1) is 34.5 Å². The van der Waals surface area contributed by atoms with Gasteiger partial charge in [0.1, 0.15) is 68.8 Å². The number of hydrogen-bond donors (Lipinski definition) is 0. The fraction of sp³-hybridized carbons (Fsp3) is 0.186. The van der Waals surface area contributed by atoms with Crippen LogP contribution in [0.5, 0.6) is 34.5 Å². The van der Waals surface area contributed by atoms with Gasteiger partial charge in [0.15, 0.2) is 11.2 Å². The maximum Gasteiger partial charge on any atom is 0.743 e. The Morgan fingerprint density at radius 3 is 1.47 bits per heavy atom. The molecule has 2 atom stereocenters. The lowest BCUT2D eigenvalue weighted by molar-refractivity contribution is 0.256. The molecule has 2 unspecified atom stereocenters. The Balaban J connectivity index is 1.30. The second-order valence-electron chi connectivity index (χ2n) is 19.2. The molecule has 12 rings (SSSR count). The van der Waals surface area contributed by atoms with Gasteiger partial charge in [-0.05, 0) is 120 Å². The number of para-hydroxylation sites is 8. The molecule has 370 valence electrons. The van der Waals surface area contributed by atoms with Crippen LogP contribution < -0.4 is 38.8 Å². The monoisotopic (exact) mass is 991 g/mol. The Morgan fingerprint density at radius 1 is 0.573 bits per heavy atom. The van der Waals surface area contributed by atoms with Crippen molar-refractivity contribution in [2.75, 3.05) is 13.2 Å². The third-order valence-electron chi connectivity index (χ3n) is 14.1. The number of oxazole rings is 2. The van der Waals surface area contributed by atoms with E-state index >= 15 is 0 Å². The van der Waals surface area contributed by atoms with Crippen LogP contribution in [0.15, 0.2) is 154 Å². The Bertz CT molecular complexity index is 3940. The maximum absolute atomic E-state index is 11.9. The standard InChI is InChI=1S/C59H49B2N6O8/c1-6-36(3)34-68-40-28-24-38(25-29-40)54-52-53(56(66(54)60-72-48-20-12-13-21-49(48)73-60)42(32-62)58-64-44-16-8-10-18-46(44)70-58)55(39-26-30-41(31-27-39)69-35-37(4)7-2)67(61(5)74-50-22-14-15-23-51(50)75-61)57(52)43(33-63)59-65-45-17-9-11-19-47(45)71-59/h8-31,36-37H,6-7,34-35H2,1-5H3/q-1/b56-42-,57-43-. The summed E-state index contributed by atoms with van der Waals surface area (Å²) in [6.07, 6.45) is 1.92. The summed E-state index contributed by atoms with van der Waals surface area (Å²) in [6.45, 7) is 8.79. The lowest BCUT2D eigenvalue weighted by Crippen LogP contribution is -2.55. The van der Waals surface area contributed by atoms with E-state index in [0.717, 1.165) is 12.8 Å². The minimum atomic E-state index is -2.70. The summed E-state index contributed by atoms with van der Waals surface area (Å²) in [5.74, 6) is 4.07. The van der Waals surface area contributed by atoms with Crippen LogP contribution in [0.1, 0.15) is 52.3 Å². The number of benzene rings is 6. The Morgan fingerprint density at radius 2 is 1.00 bits per heavy atom. The zero-order chi connectivity index (χ0) is 51.4. The molecule has 0 fully saturated rings. The maximum atomic E-state index is 11.9. The van der Waals surface area contributed by atoms with Gasteiger partial charge in [-0.25, -0.2) is 9.97 Å². The zero-order valence-corrected chi connectivity index (χ0v) is 41.9. The summed E-state index contributed by atoms with van der Waals surface area (Å²) in [5.41, 5.74) is 4.48. The highest BCUT2D eigenvalue weighted by Crippen LogP contribution is 2.44. The number of fused-ring (bicyclic) bond motifs is 5. The molecule has 10 aromatic rings. The van der Waals surface area contributed by atoms with Crippen molar-refractivity contribution in [2.45, 2.75) is 47.4 Å². The molecular formula is C59H49B2N6O8-. The van der Waals surface area contributed by atoms with Crippen LogP contribution in [0.4, 0.5) is 0 Å². The van der Waals surface area contributed by atoms with Gasteiger partial charge in [0, 0.05) is 21.8 Å². The Kier molecular flexibility index (Phi) is 11.8. The van der Waals surface area contributed by atoms with E-state index in [1.54, 1.807) is 6.07 Å². The molecule has 4 aromatic heterocycles.